The fourth-order valence-electron chi connectivity index (χ4n) is 5.21. The van der Waals surface area contributed by atoms with Gasteiger partial charge in [-0.2, -0.15) is 0 Å². The summed E-state index contributed by atoms with van der Waals surface area (Å²) >= 11 is 0. The second-order valence-electron chi connectivity index (χ2n) is 12.7. The van der Waals surface area contributed by atoms with E-state index in [1.54, 1.807) is 81.6 Å². The number of hydrogen-bond donors (Lipinski definition) is 1. The smallest absolute Gasteiger partial charge is 0.339 e. The van der Waals surface area contributed by atoms with Gasteiger partial charge in [0.15, 0.2) is 11.4 Å². The molecule has 0 amide bonds. The molecule has 0 radical (unpaired) electrons. The number of aromatic nitrogens is 3. The number of esters is 1. The number of hydrogen-bond acceptors (Lipinski definition) is 7. The van der Waals surface area contributed by atoms with Crippen molar-refractivity contribution in [2.24, 2.45) is 0 Å². The molecule has 0 aliphatic carbocycles. The molecule has 288 valence electrons. The summed E-state index contributed by atoms with van der Waals surface area (Å²) in [5.74, 6) is 11.7. The van der Waals surface area contributed by atoms with E-state index < -0.39 is 5.97 Å². The number of carbonyl (C=O) groups is 1. The Labute approximate surface area is 333 Å². The fraction of sp³-hybridized carbons (Fsp3) is 0.167. The van der Waals surface area contributed by atoms with E-state index >= 15 is 0 Å². The topological polar surface area (TPSA) is 94.4 Å². The largest absolute Gasteiger partial charge is 0.506 e. The first kappa shape index (κ1) is 42.6. The molecule has 6 rings (SSSR count). The first-order valence-electron chi connectivity index (χ1n) is 18.0. The van der Waals surface area contributed by atoms with Crippen LogP contribution in [0.1, 0.15) is 79.3 Å². The average Bonchev–Trinajstić information content (AvgIpc) is 3.17. The number of pyridine rings is 3. The predicted octanol–water partition coefficient (Wildman–Crippen LogP) is 9.93. The second kappa shape index (κ2) is 21.1. The van der Waals surface area contributed by atoms with Gasteiger partial charge in [0.1, 0.15) is 28.8 Å². The van der Waals surface area contributed by atoms with Crippen LogP contribution in [0, 0.1) is 69.9 Å². The third kappa shape index (κ3) is 13.9. The zero-order chi connectivity index (χ0) is 41.3. The molecule has 3 heterocycles. The summed E-state index contributed by atoms with van der Waals surface area (Å²) in [7, 11) is 1.63. The molecule has 7 nitrogen and oxygen atoms in total. The third-order valence-electron chi connectivity index (χ3n) is 7.83. The molecule has 0 spiro atoms. The van der Waals surface area contributed by atoms with Crippen LogP contribution in [0.2, 0.25) is 0 Å². The highest BCUT2D eigenvalue weighted by Gasteiger charge is 2.11. The number of benzene rings is 3. The van der Waals surface area contributed by atoms with E-state index in [1.165, 1.54) is 35.4 Å². The molecule has 0 saturated carbocycles. The van der Waals surface area contributed by atoms with Crippen LogP contribution in [0.4, 0.5) is 8.78 Å². The molecule has 1 N–H and O–H groups in total. The molecule has 0 fully saturated rings. The maximum atomic E-state index is 13.0. The number of halogens is 2. The summed E-state index contributed by atoms with van der Waals surface area (Å²) in [5.41, 5.74) is 9.15. The van der Waals surface area contributed by atoms with Crippen LogP contribution >= 0.6 is 0 Å². The maximum Gasteiger partial charge on any atom is 0.339 e. The van der Waals surface area contributed by atoms with E-state index in [0.717, 1.165) is 22.5 Å². The van der Waals surface area contributed by atoms with Crippen molar-refractivity contribution in [3.05, 3.63) is 182 Å². The highest BCUT2D eigenvalue weighted by Crippen LogP contribution is 2.18. The van der Waals surface area contributed by atoms with Crippen molar-refractivity contribution in [1.82, 2.24) is 15.0 Å². The molecule has 0 bridgehead atoms. The van der Waals surface area contributed by atoms with Gasteiger partial charge in [-0.25, -0.2) is 28.5 Å². The zero-order valence-electron chi connectivity index (χ0n) is 32.9. The maximum absolute atomic E-state index is 13.0. The quantitative estimate of drug-likeness (QED) is 0.138. The summed E-state index contributed by atoms with van der Waals surface area (Å²) in [6.45, 7) is 11.7. The van der Waals surface area contributed by atoms with Gasteiger partial charge >= 0.3 is 5.97 Å². The molecule has 0 aliphatic heterocycles. The van der Waals surface area contributed by atoms with Crippen LogP contribution in [-0.4, -0.2) is 39.7 Å². The van der Waals surface area contributed by atoms with Crippen molar-refractivity contribution in [3.8, 4) is 35.2 Å². The molecular weight excluding hydrogens is 721 g/mol. The lowest BCUT2D eigenvalue weighted by molar-refractivity contribution is 0.0525. The second-order valence-corrected chi connectivity index (χ2v) is 12.7. The molecule has 3 aromatic carbocycles. The SMILES string of the molecule is CCOC(=O)c1ccc(C#Cc2cccc(F)c2)nc1C.COc1ccc(C)nc1C#Cc1cc(C)cc(C)c1.Cc1ccc(O)c(C=Cc2cccc(F)c2)n1. The molecule has 0 atom stereocenters. The van der Waals surface area contributed by atoms with Crippen molar-refractivity contribution in [3.63, 3.8) is 0 Å². The molecule has 3 aromatic heterocycles. The van der Waals surface area contributed by atoms with Crippen molar-refractivity contribution >= 4 is 18.1 Å². The van der Waals surface area contributed by atoms with Crippen molar-refractivity contribution < 1.29 is 28.2 Å². The van der Waals surface area contributed by atoms with Gasteiger partial charge in [-0.05, 0) is 155 Å². The lowest BCUT2D eigenvalue weighted by Gasteiger charge is -2.04. The molecule has 9 heteroatoms. The van der Waals surface area contributed by atoms with Gasteiger partial charge in [-0.1, -0.05) is 42.2 Å². The number of nitrogens with zero attached hydrogens (tertiary/aromatic N) is 3. The van der Waals surface area contributed by atoms with Gasteiger partial charge < -0.3 is 14.6 Å². The van der Waals surface area contributed by atoms with Crippen LogP contribution in [0.5, 0.6) is 11.5 Å². The predicted molar refractivity (Wildman–Crippen MR) is 221 cm³/mol. The number of ether oxygens (including phenoxy) is 2. The first-order valence-corrected chi connectivity index (χ1v) is 18.0. The normalized spacial score (nSPS) is 10.1. The molecule has 0 unspecified atom stereocenters. The standard InChI is InChI=1S/C17H14FNO2.C17H17NO.C14H12FNO/c1-3-21-17(20)16-10-9-15(19-12(16)2)8-7-13-5-4-6-14(18)11-13;1-12-9-13(2)11-15(10-12)6-7-16-17(19-4)8-5-14(3)18-16;1-10-5-8-14(17)13(16-10)7-6-11-3-2-4-12(15)9-11/h4-6,9-11H,3H2,1-2H3;5,8-11H,1-4H3;2-9,17H,1H3. The number of carbonyl (C=O) groups excluding carboxylic acids is 1. The van der Waals surface area contributed by atoms with Crippen molar-refractivity contribution in [2.45, 2.75) is 41.5 Å². The first-order chi connectivity index (χ1) is 27.3. The molecule has 0 aliphatic rings. The lowest BCUT2D eigenvalue weighted by atomic mass is 10.1. The minimum Gasteiger partial charge on any atom is -0.506 e. The Morgan fingerprint density at radius 2 is 1.37 bits per heavy atom. The molecule has 0 saturated heterocycles. The Hall–Kier alpha value is -7.10. The van der Waals surface area contributed by atoms with E-state index in [2.05, 4.69) is 70.7 Å². The van der Waals surface area contributed by atoms with E-state index in [4.69, 9.17) is 9.47 Å². The monoisotopic (exact) mass is 763 g/mol. The number of methoxy groups -OCH3 is 1. The summed E-state index contributed by atoms with van der Waals surface area (Å²) in [4.78, 5) is 24.5. The summed E-state index contributed by atoms with van der Waals surface area (Å²) < 4.78 is 36.2. The van der Waals surface area contributed by atoms with Gasteiger partial charge in [-0.15, -0.1) is 0 Å². The number of aryl methyl sites for hydroxylation is 5. The Morgan fingerprint density at radius 3 is 2.04 bits per heavy atom. The molecule has 6 aromatic rings. The van der Waals surface area contributed by atoms with Crippen molar-refractivity contribution in [1.29, 1.82) is 0 Å². The summed E-state index contributed by atoms with van der Waals surface area (Å²) in [6.07, 6.45) is 3.38. The van der Waals surface area contributed by atoms with Gasteiger partial charge in [0.05, 0.1) is 25.0 Å². The van der Waals surface area contributed by atoms with E-state index in [9.17, 15) is 18.7 Å². The fourth-order valence-corrected chi connectivity index (χ4v) is 5.21. The number of aromatic hydroxyl groups is 1. The van der Waals surface area contributed by atoms with E-state index in [-0.39, 0.29) is 17.4 Å². The van der Waals surface area contributed by atoms with Gasteiger partial charge in [0.25, 0.3) is 0 Å². The minimum atomic E-state index is -0.396. The third-order valence-corrected chi connectivity index (χ3v) is 7.83. The van der Waals surface area contributed by atoms with E-state index in [0.29, 0.717) is 46.3 Å². The van der Waals surface area contributed by atoms with Crippen molar-refractivity contribution in [2.75, 3.05) is 13.7 Å². The van der Waals surface area contributed by atoms with Crippen LogP contribution in [-0.2, 0) is 4.74 Å². The van der Waals surface area contributed by atoms with Gasteiger partial charge in [0.2, 0.25) is 0 Å². The highest BCUT2D eigenvalue weighted by molar-refractivity contribution is 5.90. The zero-order valence-corrected chi connectivity index (χ0v) is 32.9. The summed E-state index contributed by atoms with van der Waals surface area (Å²) in [5, 5.41) is 9.58. The van der Waals surface area contributed by atoms with Gasteiger partial charge in [0, 0.05) is 22.5 Å². The Morgan fingerprint density at radius 1 is 0.702 bits per heavy atom. The van der Waals surface area contributed by atoms with Crippen LogP contribution in [0.3, 0.4) is 0 Å². The Balaban J connectivity index is 0.000000190. The Kier molecular flexibility index (Phi) is 15.8. The summed E-state index contributed by atoms with van der Waals surface area (Å²) in [6, 6.07) is 29.0. The average molecular weight is 764 g/mol. The molecule has 57 heavy (non-hydrogen) atoms. The number of rotatable bonds is 5. The highest BCUT2D eigenvalue weighted by atomic mass is 19.1. The van der Waals surface area contributed by atoms with Gasteiger partial charge in [-0.3, -0.25) is 0 Å². The van der Waals surface area contributed by atoms with E-state index in [1.807, 2.05) is 26.0 Å². The van der Waals surface area contributed by atoms with Crippen LogP contribution in [0.15, 0.2) is 103 Å². The Bertz CT molecular complexity index is 2490. The minimum absolute atomic E-state index is 0.114. The van der Waals surface area contributed by atoms with Crippen LogP contribution in [0.25, 0.3) is 12.2 Å². The lowest BCUT2D eigenvalue weighted by Crippen LogP contribution is -2.08. The van der Waals surface area contributed by atoms with Crippen LogP contribution < -0.4 is 4.74 Å². The molecular formula is C48H43F2N3O4.